The zero-order valence-corrected chi connectivity index (χ0v) is 14.0. The van der Waals surface area contributed by atoms with E-state index in [0.717, 1.165) is 39.1 Å². The largest absolute Gasteiger partial charge is 0.340 e. The fraction of sp³-hybridized carbons (Fsp3) is 0.381. The molecule has 2 unspecified atom stereocenters. The predicted molar refractivity (Wildman–Crippen MR) is 95.6 cm³/mol. The van der Waals surface area contributed by atoms with Crippen LogP contribution in [0, 0.1) is 5.92 Å². The summed E-state index contributed by atoms with van der Waals surface area (Å²) in [7, 11) is 0. The first-order valence-electron chi connectivity index (χ1n) is 8.91. The van der Waals surface area contributed by atoms with Gasteiger partial charge in [0.05, 0.1) is 0 Å². The van der Waals surface area contributed by atoms with Crippen LogP contribution in [-0.4, -0.2) is 41.9 Å². The van der Waals surface area contributed by atoms with Crippen molar-refractivity contribution in [2.45, 2.75) is 18.9 Å². The number of benzene rings is 2. The van der Waals surface area contributed by atoms with Gasteiger partial charge in [-0.05, 0) is 23.5 Å². The normalized spacial score (nSPS) is 23.9. The first-order valence-corrected chi connectivity index (χ1v) is 8.91. The molecular weight excluding hydrogens is 296 g/mol. The molecule has 2 aliphatic rings. The quantitative estimate of drug-likeness (QED) is 0.864. The molecule has 3 nitrogen and oxygen atoms in total. The Kier molecular flexibility index (Phi) is 4.35. The lowest BCUT2D eigenvalue weighted by atomic mass is 10.1. The van der Waals surface area contributed by atoms with Gasteiger partial charge in [0.1, 0.15) is 0 Å². The molecule has 24 heavy (non-hydrogen) atoms. The summed E-state index contributed by atoms with van der Waals surface area (Å²) < 4.78 is 0. The van der Waals surface area contributed by atoms with Crippen LogP contribution >= 0.6 is 0 Å². The molecule has 2 atom stereocenters. The van der Waals surface area contributed by atoms with Crippen molar-refractivity contribution >= 4 is 5.91 Å². The minimum atomic E-state index is 0.216. The zero-order valence-electron chi connectivity index (χ0n) is 14.0. The molecule has 2 aromatic carbocycles. The molecule has 0 spiro atoms. The van der Waals surface area contributed by atoms with Gasteiger partial charge < -0.3 is 4.90 Å². The molecule has 1 saturated heterocycles. The minimum Gasteiger partial charge on any atom is -0.340 e. The molecule has 0 radical (unpaired) electrons. The van der Waals surface area contributed by atoms with E-state index < -0.39 is 0 Å². The molecule has 1 heterocycles. The lowest BCUT2D eigenvalue weighted by molar-refractivity contribution is -0.134. The maximum absolute atomic E-state index is 12.7. The third kappa shape index (κ3) is 3.36. The number of amides is 1. The topological polar surface area (TPSA) is 23.6 Å². The van der Waals surface area contributed by atoms with Gasteiger partial charge >= 0.3 is 0 Å². The van der Waals surface area contributed by atoms with Crippen molar-refractivity contribution in [1.82, 2.24) is 9.80 Å². The fourth-order valence-electron chi connectivity index (χ4n) is 3.74. The third-order valence-electron chi connectivity index (χ3n) is 5.27. The van der Waals surface area contributed by atoms with Gasteiger partial charge in [-0.3, -0.25) is 9.69 Å². The molecule has 2 aromatic rings. The molecule has 3 heteroatoms. The van der Waals surface area contributed by atoms with E-state index in [4.69, 9.17) is 0 Å². The maximum Gasteiger partial charge on any atom is 0.226 e. The fourth-order valence-corrected chi connectivity index (χ4v) is 3.74. The van der Waals surface area contributed by atoms with Gasteiger partial charge in [-0.15, -0.1) is 0 Å². The highest BCUT2D eigenvalue weighted by atomic mass is 16.2. The predicted octanol–water partition coefficient (Wildman–Crippen LogP) is 3.13. The summed E-state index contributed by atoms with van der Waals surface area (Å²) in [5.41, 5.74) is 2.67. The van der Waals surface area contributed by atoms with Crippen molar-refractivity contribution in [2.75, 3.05) is 26.2 Å². The maximum atomic E-state index is 12.7. The highest BCUT2D eigenvalue weighted by Gasteiger charge is 2.45. The van der Waals surface area contributed by atoms with Crippen molar-refractivity contribution in [2.24, 2.45) is 5.92 Å². The van der Waals surface area contributed by atoms with Gasteiger partial charge in [0.15, 0.2) is 0 Å². The molecular formula is C21H24N2O. The number of hydrogen-bond donors (Lipinski definition) is 0. The van der Waals surface area contributed by atoms with Gasteiger partial charge in [0.25, 0.3) is 0 Å². The van der Waals surface area contributed by atoms with Gasteiger partial charge in [-0.25, -0.2) is 0 Å². The van der Waals surface area contributed by atoms with Crippen molar-refractivity contribution in [1.29, 1.82) is 0 Å². The van der Waals surface area contributed by atoms with E-state index >= 15 is 0 Å². The average Bonchev–Trinajstić information content (AvgIpc) is 3.44. The summed E-state index contributed by atoms with van der Waals surface area (Å²) in [5.74, 6) is 1.03. The standard InChI is InChI=1S/C21H24N2O/c24-21(20-15-19(20)18-9-5-2-6-10-18)23-13-11-22(12-14-23)16-17-7-3-1-4-8-17/h1-10,19-20H,11-16H2. The van der Waals surface area contributed by atoms with E-state index in [9.17, 15) is 4.79 Å². The summed E-state index contributed by atoms with van der Waals surface area (Å²) in [5, 5.41) is 0. The molecule has 124 valence electrons. The monoisotopic (exact) mass is 320 g/mol. The van der Waals surface area contributed by atoms with Crippen LogP contribution in [0.1, 0.15) is 23.5 Å². The number of carbonyl (C=O) groups is 1. The molecule has 2 fully saturated rings. The Balaban J connectivity index is 1.28. The van der Waals surface area contributed by atoms with E-state index in [-0.39, 0.29) is 5.92 Å². The Morgan fingerprint density at radius 1 is 0.875 bits per heavy atom. The smallest absolute Gasteiger partial charge is 0.226 e. The summed E-state index contributed by atoms with van der Waals surface area (Å²) in [6.07, 6.45) is 1.02. The molecule has 0 N–H and O–H groups in total. The zero-order chi connectivity index (χ0) is 16.4. The van der Waals surface area contributed by atoms with E-state index in [1.54, 1.807) is 0 Å². The lowest BCUT2D eigenvalue weighted by Gasteiger charge is -2.35. The van der Waals surface area contributed by atoms with Crippen molar-refractivity contribution in [3.05, 3.63) is 71.8 Å². The van der Waals surface area contributed by atoms with E-state index in [1.165, 1.54) is 11.1 Å². The highest BCUT2D eigenvalue weighted by Crippen LogP contribution is 2.48. The molecule has 1 aliphatic carbocycles. The molecule has 1 aliphatic heterocycles. The van der Waals surface area contributed by atoms with E-state index in [1.807, 2.05) is 6.07 Å². The van der Waals surface area contributed by atoms with Crippen LogP contribution < -0.4 is 0 Å². The summed E-state index contributed by atoms with van der Waals surface area (Å²) >= 11 is 0. The summed E-state index contributed by atoms with van der Waals surface area (Å²) in [6.45, 7) is 4.67. The van der Waals surface area contributed by atoms with Crippen LogP contribution in [-0.2, 0) is 11.3 Å². The summed E-state index contributed by atoms with van der Waals surface area (Å²) in [4.78, 5) is 17.2. The molecule has 0 bridgehead atoms. The molecule has 1 saturated carbocycles. The number of hydrogen-bond acceptors (Lipinski definition) is 2. The van der Waals surface area contributed by atoms with Gasteiger partial charge in [-0.2, -0.15) is 0 Å². The third-order valence-corrected chi connectivity index (χ3v) is 5.27. The molecule has 4 rings (SSSR count). The number of piperazine rings is 1. The first kappa shape index (κ1) is 15.4. The van der Waals surface area contributed by atoms with E-state index in [2.05, 4.69) is 64.4 Å². The van der Waals surface area contributed by atoms with Gasteiger partial charge in [-0.1, -0.05) is 60.7 Å². The van der Waals surface area contributed by atoms with Crippen LogP contribution in [0.3, 0.4) is 0 Å². The first-order chi connectivity index (χ1) is 11.8. The molecule has 0 aromatic heterocycles. The van der Waals surface area contributed by atoms with Crippen LogP contribution in [0.25, 0.3) is 0 Å². The van der Waals surface area contributed by atoms with Crippen LogP contribution in [0.2, 0.25) is 0 Å². The summed E-state index contributed by atoms with van der Waals surface area (Å²) in [6, 6.07) is 21.0. The van der Waals surface area contributed by atoms with Crippen molar-refractivity contribution < 1.29 is 4.79 Å². The van der Waals surface area contributed by atoms with Crippen molar-refractivity contribution in [3.63, 3.8) is 0 Å². The van der Waals surface area contributed by atoms with Crippen LogP contribution in [0.5, 0.6) is 0 Å². The second-order valence-electron chi connectivity index (χ2n) is 6.95. The average molecular weight is 320 g/mol. The second-order valence-corrected chi connectivity index (χ2v) is 6.95. The van der Waals surface area contributed by atoms with Crippen molar-refractivity contribution in [3.8, 4) is 0 Å². The Hall–Kier alpha value is -2.13. The SMILES string of the molecule is O=C(C1CC1c1ccccc1)N1CCN(Cc2ccccc2)CC1. The Morgan fingerprint density at radius 2 is 1.50 bits per heavy atom. The second kappa shape index (κ2) is 6.78. The van der Waals surface area contributed by atoms with Crippen LogP contribution in [0.15, 0.2) is 60.7 Å². The number of carbonyl (C=O) groups excluding carboxylic acids is 1. The van der Waals surface area contributed by atoms with Gasteiger partial charge in [0, 0.05) is 38.6 Å². The highest BCUT2D eigenvalue weighted by molar-refractivity contribution is 5.83. The van der Waals surface area contributed by atoms with Crippen LogP contribution in [0.4, 0.5) is 0 Å². The Morgan fingerprint density at radius 3 is 2.17 bits per heavy atom. The number of nitrogens with zero attached hydrogens (tertiary/aromatic N) is 2. The van der Waals surface area contributed by atoms with Gasteiger partial charge in [0.2, 0.25) is 5.91 Å². The lowest BCUT2D eigenvalue weighted by Crippen LogP contribution is -2.48. The Bertz CT molecular complexity index is 677. The van der Waals surface area contributed by atoms with E-state index in [0.29, 0.717) is 11.8 Å². The number of rotatable bonds is 4. The molecule has 1 amide bonds. The Labute approximate surface area is 143 Å². The minimum absolute atomic E-state index is 0.216.